The molecule has 1 heterocycles. The van der Waals surface area contributed by atoms with Gasteiger partial charge in [-0.3, -0.25) is 14.4 Å². The summed E-state index contributed by atoms with van der Waals surface area (Å²) >= 11 is 1.77. The zero-order chi connectivity index (χ0) is 19.1. The molecule has 0 unspecified atom stereocenters. The maximum Gasteiger partial charge on any atom is 0.322 e. The number of carboxylic acid groups (broad SMARTS) is 1. The van der Waals surface area contributed by atoms with Gasteiger partial charge in [0.15, 0.2) is 0 Å². The first-order chi connectivity index (χ1) is 12.3. The van der Waals surface area contributed by atoms with Gasteiger partial charge >= 0.3 is 5.97 Å². The topological polar surface area (TPSA) is 95.5 Å². The maximum atomic E-state index is 12.0. The van der Waals surface area contributed by atoms with E-state index in [2.05, 4.69) is 30.5 Å². The van der Waals surface area contributed by atoms with Crippen molar-refractivity contribution < 1.29 is 19.5 Å². The molecular formula is C19H22N2O4S. The molecule has 3 N–H and O–H groups in total. The summed E-state index contributed by atoms with van der Waals surface area (Å²) in [4.78, 5) is 36.8. The minimum Gasteiger partial charge on any atom is -0.480 e. The van der Waals surface area contributed by atoms with Gasteiger partial charge in [-0.1, -0.05) is 0 Å². The number of thiophene rings is 1. The van der Waals surface area contributed by atoms with Gasteiger partial charge in [0.1, 0.15) is 6.54 Å². The van der Waals surface area contributed by atoms with E-state index < -0.39 is 18.4 Å². The van der Waals surface area contributed by atoms with E-state index in [0.29, 0.717) is 17.7 Å². The number of anilines is 1. The van der Waals surface area contributed by atoms with Crippen LogP contribution in [0.5, 0.6) is 0 Å². The quantitative estimate of drug-likeness (QED) is 0.661. The number of aliphatic carboxylic acids is 1. The highest BCUT2D eigenvalue weighted by Crippen LogP contribution is 2.22. The van der Waals surface area contributed by atoms with Crippen LogP contribution in [0.2, 0.25) is 0 Å². The lowest BCUT2D eigenvalue weighted by molar-refractivity contribution is -0.135. The van der Waals surface area contributed by atoms with E-state index >= 15 is 0 Å². The molecule has 2 rings (SSSR count). The van der Waals surface area contributed by atoms with E-state index in [1.807, 2.05) is 0 Å². The zero-order valence-electron chi connectivity index (χ0n) is 14.8. The molecule has 0 aliphatic rings. The molecule has 0 aliphatic heterocycles. The molecule has 2 aromatic rings. The van der Waals surface area contributed by atoms with Crippen LogP contribution in [0, 0.1) is 13.8 Å². The average molecular weight is 374 g/mol. The Morgan fingerprint density at radius 3 is 2.38 bits per heavy atom. The number of aryl methyl sites for hydroxylation is 3. The van der Waals surface area contributed by atoms with Crippen molar-refractivity contribution in [3.05, 3.63) is 51.2 Å². The van der Waals surface area contributed by atoms with Gasteiger partial charge in [-0.2, -0.15) is 0 Å². The fraction of sp³-hybridized carbons (Fsp3) is 0.316. The SMILES string of the molecule is Cc1cc(CCCC(=O)Nc2ccc(C(=O)NCC(=O)O)cc2)c(C)s1. The first-order valence-corrected chi connectivity index (χ1v) is 9.12. The lowest BCUT2D eigenvalue weighted by atomic mass is 10.1. The number of hydrogen-bond acceptors (Lipinski definition) is 4. The molecule has 1 aromatic heterocycles. The van der Waals surface area contributed by atoms with Crippen molar-refractivity contribution in [2.75, 3.05) is 11.9 Å². The van der Waals surface area contributed by atoms with Crippen molar-refractivity contribution in [2.24, 2.45) is 0 Å². The Balaban J connectivity index is 1.79. The molecule has 0 fully saturated rings. The van der Waals surface area contributed by atoms with Crippen LogP contribution < -0.4 is 10.6 Å². The van der Waals surface area contributed by atoms with Crippen LogP contribution in [0.15, 0.2) is 30.3 Å². The normalized spacial score (nSPS) is 10.4. The Bertz CT molecular complexity index is 796. The maximum absolute atomic E-state index is 12.0. The third kappa shape index (κ3) is 6.00. The number of carboxylic acids is 1. The first-order valence-electron chi connectivity index (χ1n) is 8.31. The number of amides is 2. The summed E-state index contributed by atoms with van der Waals surface area (Å²) in [7, 11) is 0. The van der Waals surface area contributed by atoms with E-state index in [4.69, 9.17) is 5.11 Å². The summed E-state index contributed by atoms with van der Waals surface area (Å²) in [5.74, 6) is -1.64. The standard InChI is InChI=1S/C19H22N2O4S/c1-12-10-15(13(2)26-12)4-3-5-17(22)21-16-8-6-14(7-9-16)19(25)20-11-18(23)24/h6-10H,3-5,11H2,1-2H3,(H,20,25)(H,21,22)(H,23,24). The Labute approximate surface area is 156 Å². The highest BCUT2D eigenvalue weighted by atomic mass is 32.1. The van der Waals surface area contributed by atoms with Gasteiger partial charge in [-0.05, 0) is 62.6 Å². The van der Waals surface area contributed by atoms with Crippen LogP contribution in [0.25, 0.3) is 0 Å². The second-order valence-corrected chi connectivity index (χ2v) is 7.45. The summed E-state index contributed by atoms with van der Waals surface area (Å²) in [6.07, 6.45) is 2.08. The van der Waals surface area contributed by atoms with Gasteiger partial charge in [0.05, 0.1) is 0 Å². The zero-order valence-corrected chi connectivity index (χ0v) is 15.6. The predicted octanol–water partition coefficient (Wildman–Crippen LogP) is 3.14. The lowest BCUT2D eigenvalue weighted by Crippen LogP contribution is -2.29. The van der Waals surface area contributed by atoms with Gasteiger partial charge < -0.3 is 15.7 Å². The van der Waals surface area contributed by atoms with Crippen molar-refractivity contribution >= 4 is 34.8 Å². The van der Waals surface area contributed by atoms with Crippen LogP contribution in [-0.4, -0.2) is 29.4 Å². The van der Waals surface area contributed by atoms with Crippen LogP contribution in [-0.2, 0) is 16.0 Å². The average Bonchev–Trinajstić information content (AvgIpc) is 2.91. The molecule has 0 bridgehead atoms. The molecule has 138 valence electrons. The minimum atomic E-state index is -1.10. The Morgan fingerprint density at radius 2 is 1.81 bits per heavy atom. The largest absolute Gasteiger partial charge is 0.480 e. The van der Waals surface area contributed by atoms with Crippen LogP contribution in [0.4, 0.5) is 5.69 Å². The van der Waals surface area contributed by atoms with Crippen LogP contribution in [0.1, 0.15) is 38.5 Å². The Hall–Kier alpha value is -2.67. The molecule has 0 spiro atoms. The third-order valence-electron chi connectivity index (χ3n) is 3.82. The van der Waals surface area contributed by atoms with Gasteiger partial charge in [-0.25, -0.2) is 0 Å². The molecule has 1 aromatic carbocycles. The number of carbonyl (C=O) groups excluding carboxylic acids is 2. The second kappa shape index (κ2) is 9.15. The molecule has 26 heavy (non-hydrogen) atoms. The first kappa shape index (κ1) is 19.7. The van der Waals surface area contributed by atoms with Crippen molar-refractivity contribution in [1.29, 1.82) is 0 Å². The Morgan fingerprint density at radius 1 is 1.12 bits per heavy atom. The summed E-state index contributed by atoms with van der Waals surface area (Å²) in [6, 6.07) is 8.51. The summed E-state index contributed by atoms with van der Waals surface area (Å²) in [6.45, 7) is 3.75. The van der Waals surface area contributed by atoms with E-state index in [-0.39, 0.29) is 5.91 Å². The molecular weight excluding hydrogens is 352 g/mol. The lowest BCUT2D eigenvalue weighted by Gasteiger charge is -2.07. The van der Waals surface area contributed by atoms with Gasteiger partial charge in [0.2, 0.25) is 5.91 Å². The molecule has 0 saturated carbocycles. The number of nitrogens with one attached hydrogen (secondary N) is 2. The summed E-state index contributed by atoms with van der Waals surface area (Å²) in [5.41, 5.74) is 2.25. The van der Waals surface area contributed by atoms with E-state index in [0.717, 1.165) is 12.8 Å². The predicted molar refractivity (Wildman–Crippen MR) is 102 cm³/mol. The smallest absolute Gasteiger partial charge is 0.322 e. The molecule has 0 atom stereocenters. The van der Waals surface area contributed by atoms with Crippen LogP contribution >= 0.6 is 11.3 Å². The molecule has 0 saturated heterocycles. The summed E-state index contributed by atoms with van der Waals surface area (Å²) < 4.78 is 0. The Kier molecular flexibility index (Phi) is 6.91. The van der Waals surface area contributed by atoms with Crippen molar-refractivity contribution in [1.82, 2.24) is 5.32 Å². The molecule has 2 amide bonds. The number of rotatable bonds is 8. The number of benzene rings is 1. The van der Waals surface area contributed by atoms with Crippen molar-refractivity contribution in [3.63, 3.8) is 0 Å². The van der Waals surface area contributed by atoms with Crippen molar-refractivity contribution in [3.8, 4) is 0 Å². The van der Waals surface area contributed by atoms with E-state index in [1.165, 1.54) is 15.3 Å². The van der Waals surface area contributed by atoms with E-state index in [9.17, 15) is 14.4 Å². The highest BCUT2D eigenvalue weighted by Gasteiger charge is 2.09. The monoisotopic (exact) mass is 374 g/mol. The molecule has 7 heteroatoms. The van der Waals surface area contributed by atoms with Gasteiger partial charge in [0, 0.05) is 27.4 Å². The van der Waals surface area contributed by atoms with Crippen LogP contribution in [0.3, 0.4) is 0 Å². The van der Waals surface area contributed by atoms with Gasteiger partial charge in [-0.15, -0.1) is 11.3 Å². The number of hydrogen-bond donors (Lipinski definition) is 3. The fourth-order valence-electron chi connectivity index (χ4n) is 2.56. The van der Waals surface area contributed by atoms with E-state index in [1.54, 1.807) is 35.6 Å². The molecule has 0 radical (unpaired) electrons. The number of carbonyl (C=O) groups is 3. The highest BCUT2D eigenvalue weighted by molar-refractivity contribution is 7.12. The third-order valence-corrected chi connectivity index (χ3v) is 4.83. The molecule has 0 aliphatic carbocycles. The second-order valence-electron chi connectivity index (χ2n) is 5.99. The van der Waals surface area contributed by atoms with Gasteiger partial charge in [0.25, 0.3) is 5.91 Å². The van der Waals surface area contributed by atoms with Crippen molar-refractivity contribution in [2.45, 2.75) is 33.1 Å². The molecule has 6 nitrogen and oxygen atoms in total. The summed E-state index contributed by atoms with van der Waals surface area (Å²) in [5, 5.41) is 13.6. The fourth-order valence-corrected chi connectivity index (χ4v) is 3.53. The minimum absolute atomic E-state index is 0.0716.